The van der Waals surface area contributed by atoms with E-state index >= 15 is 0 Å². The normalized spacial score (nSPS) is 10.9. The van der Waals surface area contributed by atoms with E-state index in [0.29, 0.717) is 5.46 Å². The van der Waals surface area contributed by atoms with Crippen LogP contribution in [0.2, 0.25) is 0 Å². The number of hydrogen-bond donors (Lipinski definition) is 3. The van der Waals surface area contributed by atoms with Gasteiger partial charge in [0, 0.05) is 20.4 Å². The van der Waals surface area contributed by atoms with E-state index in [4.69, 9.17) is 10.0 Å². The topological polar surface area (TPSA) is 40.5 Å². The molecule has 0 saturated heterocycles. The van der Waals surface area contributed by atoms with Crippen LogP contribution in [0.15, 0.2) is 22.4 Å². The van der Waals surface area contributed by atoms with Crippen LogP contribution in [0.4, 0.5) is 0 Å². The number of fused-ring (bicyclic) bond motifs is 1. The van der Waals surface area contributed by atoms with Crippen molar-refractivity contribution in [1.82, 2.24) is 0 Å². The number of thiol groups is 1. The molecule has 0 saturated carbocycles. The highest BCUT2D eigenvalue weighted by atomic mass is 32.1. The van der Waals surface area contributed by atoms with Crippen LogP contribution in [0.5, 0.6) is 0 Å². The van der Waals surface area contributed by atoms with Gasteiger partial charge in [0.2, 0.25) is 0 Å². The molecule has 2 nitrogen and oxygen atoms in total. The van der Waals surface area contributed by atoms with Gasteiger partial charge in [0.15, 0.2) is 0 Å². The van der Waals surface area contributed by atoms with Crippen LogP contribution >= 0.6 is 24.0 Å². The van der Waals surface area contributed by atoms with E-state index in [1.54, 1.807) is 23.5 Å². The van der Waals surface area contributed by atoms with Gasteiger partial charge in [0.25, 0.3) is 0 Å². The molecule has 0 bridgehead atoms. The Morgan fingerprint density at radius 2 is 2.07 bits per heavy atom. The Labute approximate surface area is 91.8 Å². The van der Waals surface area contributed by atoms with Crippen molar-refractivity contribution in [3.63, 3.8) is 0 Å². The lowest BCUT2D eigenvalue weighted by atomic mass is 9.79. The van der Waals surface area contributed by atoms with Gasteiger partial charge in [-0.25, -0.2) is 0 Å². The van der Waals surface area contributed by atoms with Gasteiger partial charge in [0.05, 0.1) is 0 Å². The summed E-state index contributed by atoms with van der Waals surface area (Å²) in [5, 5.41) is 21.1. The molecule has 72 valence electrons. The molecule has 2 rings (SSSR count). The number of thiophene rings is 1. The van der Waals surface area contributed by atoms with Crippen molar-refractivity contribution in [3.8, 4) is 0 Å². The predicted molar refractivity (Wildman–Crippen MR) is 63.6 cm³/mol. The summed E-state index contributed by atoms with van der Waals surface area (Å²) in [6.45, 7) is 1.96. The number of hydrogen-bond acceptors (Lipinski definition) is 4. The molecule has 0 aliphatic rings. The zero-order valence-corrected chi connectivity index (χ0v) is 9.27. The highest BCUT2D eigenvalue weighted by Gasteiger charge is 2.14. The van der Waals surface area contributed by atoms with Crippen LogP contribution in [0.3, 0.4) is 0 Å². The average Bonchev–Trinajstić information content (AvgIpc) is 2.48. The summed E-state index contributed by atoms with van der Waals surface area (Å²) in [5.74, 6) is 0. The zero-order valence-electron chi connectivity index (χ0n) is 7.56. The quantitative estimate of drug-likeness (QED) is 0.502. The Kier molecular flexibility index (Phi) is 2.57. The first-order valence-corrected chi connectivity index (χ1v) is 5.49. The molecule has 0 atom stereocenters. The van der Waals surface area contributed by atoms with Crippen LogP contribution in [-0.4, -0.2) is 17.2 Å². The monoisotopic (exact) mass is 224 g/mol. The molecule has 1 aromatic heterocycles. The molecule has 0 spiro atoms. The maximum absolute atomic E-state index is 9.07. The van der Waals surface area contributed by atoms with E-state index in [0.717, 1.165) is 20.5 Å². The zero-order chi connectivity index (χ0) is 10.3. The van der Waals surface area contributed by atoms with Crippen molar-refractivity contribution in [2.45, 2.75) is 11.8 Å². The molecule has 2 N–H and O–H groups in total. The lowest BCUT2D eigenvalue weighted by Gasteiger charge is -2.03. The van der Waals surface area contributed by atoms with Gasteiger partial charge in [-0.1, -0.05) is 12.1 Å². The van der Waals surface area contributed by atoms with Gasteiger partial charge in [-0.3, -0.25) is 0 Å². The van der Waals surface area contributed by atoms with E-state index in [1.165, 1.54) is 0 Å². The molecule has 0 radical (unpaired) electrons. The fourth-order valence-corrected chi connectivity index (χ4v) is 2.78. The van der Waals surface area contributed by atoms with Gasteiger partial charge in [-0.15, -0.1) is 24.0 Å². The smallest absolute Gasteiger partial charge is 0.423 e. The number of aryl methyl sites for hydroxylation is 1. The summed E-state index contributed by atoms with van der Waals surface area (Å²) in [5.41, 5.74) is 1.57. The summed E-state index contributed by atoms with van der Waals surface area (Å²) < 4.78 is 1.15. The second-order valence-corrected chi connectivity index (χ2v) is 4.57. The van der Waals surface area contributed by atoms with E-state index in [9.17, 15) is 0 Å². The largest absolute Gasteiger partial charge is 0.488 e. The summed E-state index contributed by atoms with van der Waals surface area (Å²) in [6.07, 6.45) is 0. The first-order valence-electron chi connectivity index (χ1n) is 4.16. The maximum atomic E-state index is 9.07. The van der Waals surface area contributed by atoms with Crippen molar-refractivity contribution >= 4 is 46.6 Å². The molecule has 1 aromatic carbocycles. The minimum atomic E-state index is -1.41. The third-order valence-corrected chi connectivity index (χ3v) is 3.84. The van der Waals surface area contributed by atoms with Crippen molar-refractivity contribution in [2.24, 2.45) is 0 Å². The SMILES string of the molecule is Cc1cc(B(O)O)cc2c(S)csc12. The third kappa shape index (κ3) is 1.57. The van der Waals surface area contributed by atoms with Crippen LogP contribution in [0.25, 0.3) is 10.1 Å². The van der Waals surface area contributed by atoms with Crippen LogP contribution in [-0.2, 0) is 0 Å². The Morgan fingerprint density at radius 3 is 2.71 bits per heavy atom. The standard InChI is InChI=1S/C9H9BO2S2/c1-5-2-6(10(11)12)3-7-8(13)4-14-9(5)7/h2-4,11-13H,1H3. The molecule has 0 aliphatic heterocycles. The van der Waals surface area contributed by atoms with E-state index in [1.807, 2.05) is 12.3 Å². The highest BCUT2D eigenvalue weighted by Crippen LogP contribution is 2.30. The Bertz CT molecular complexity index is 479. The minimum absolute atomic E-state index is 0.517. The first kappa shape index (κ1) is 10.0. The molecule has 14 heavy (non-hydrogen) atoms. The second kappa shape index (κ2) is 3.58. The Hall–Kier alpha value is -0.485. The fourth-order valence-electron chi connectivity index (χ4n) is 1.48. The highest BCUT2D eigenvalue weighted by molar-refractivity contribution is 7.80. The molecule has 0 amide bonds. The van der Waals surface area contributed by atoms with Gasteiger partial charge >= 0.3 is 7.12 Å². The van der Waals surface area contributed by atoms with Gasteiger partial charge in [-0.05, 0) is 17.9 Å². The van der Waals surface area contributed by atoms with Crippen molar-refractivity contribution < 1.29 is 10.0 Å². The minimum Gasteiger partial charge on any atom is -0.423 e. The predicted octanol–water partition coefficient (Wildman–Crippen LogP) is 1.18. The molecular formula is C9H9BO2S2. The van der Waals surface area contributed by atoms with Gasteiger partial charge < -0.3 is 10.0 Å². The Morgan fingerprint density at radius 1 is 1.36 bits per heavy atom. The van der Waals surface area contributed by atoms with Crippen molar-refractivity contribution in [3.05, 3.63) is 23.1 Å². The molecule has 0 unspecified atom stereocenters. The third-order valence-electron chi connectivity index (χ3n) is 2.16. The maximum Gasteiger partial charge on any atom is 0.488 e. The molecular weight excluding hydrogens is 215 g/mol. The summed E-state index contributed by atoms with van der Waals surface area (Å²) in [7, 11) is -1.41. The summed E-state index contributed by atoms with van der Waals surface area (Å²) in [6, 6.07) is 3.56. The van der Waals surface area contributed by atoms with Crippen LogP contribution < -0.4 is 5.46 Å². The van der Waals surface area contributed by atoms with E-state index < -0.39 is 7.12 Å². The Balaban J connectivity index is 2.75. The molecule has 1 heterocycles. The van der Waals surface area contributed by atoms with Crippen LogP contribution in [0, 0.1) is 6.92 Å². The average molecular weight is 224 g/mol. The second-order valence-electron chi connectivity index (χ2n) is 3.21. The molecule has 5 heteroatoms. The van der Waals surface area contributed by atoms with Crippen LogP contribution in [0.1, 0.15) is 5.56 Å². The van der Waals surface area contributed by atoms with Gasteiger partial charge in [-0.2, -0.15) is 0 Å². The van der Waals surface area contributed by atoms with E-state index in [2.05, 4.69) is 12.6 Å². The summed E-state index contributed by atoms with van der Waals surface area (Å²) >= 11 is 5.93. The number of rotatable bonds is 1. The fraction of sp³-hybridized carbons (Fsp3) is 0.111. The first-order chi connectivity index (χ1) is 6.59. The van der Waals surface area contributed by atoms with Crippen molar-refractivity contribution in [2.75, 3.05) is 0 Å². The molecule has 0 aliphatic carbocycles. The summed E-state index contributed by atoms with van der Waals surface area (Å²) in [4.78, 5) is 0.885. The lowest BCUT2D eigenvalue weighted by molar-refractivity contribution is 0.426. The number of benzene rings is 1. The lowest BCUT2D eigenvalue weighted by Crippen LogP contribution is -2.29. The van der Waals surface area contributed by atoms with Gasteiger partial charge in [0.1, 0.15) is 0 Å². The molecule has 0 fully saturated rings. The van der Waals surface area contributed by atoms with E-state index in [-0.39, 0.29) is 0 Å². The van der Waals surface area contributed by atoms with Crippen molar-refractivity contribution in [1.29, 1.82) is 0 Å². The molecule has 2 aromatic rings.